The molecule has 3 aliphatic heterocycles. The van der Waals surface area contributed by atoms with Crippen molar-refractivity contribution in [2.45, 2.75) is 53.9 Å². The number of nitrogens with one attached hydrogen (secondary N) is 1. The van der Waals surface area contributed by atoms with Crippen LogP contribution in [0.25, 0.3) is 10.8 Å². The first-order valence-electron chi connectivity index (χ1n) is 18.5. The van der Waals surface area contributed by atoms with Crippen LogP contribution >= 0.6 is 15.9 Å². The first-order chi connectivity index (χ1) is 26.7. The molecule has 3 heterocycles. The Kier molecular flexibility index (Phi) is 11.3. The fourth-order valence-electron chi connectivity index (χ4n) is 8.60. The molecule has 284 valence electrons. The molecule has 1 spiro atoms. The molecule has 0 aromatic heterocycles. The number of fused-ring (bicyclic) bond motifs is 2. The van der Waals surface area contributed by atoms with Gasteiger partial charge in [0.25, 0.3) is 5.91 Å². The van der Waals surface area contributed by atoms with Crippen LogP contribution in [0.15, 0.2) is 128 Å². The van der Waals surface area contributed by atoms with Crippen molar-refractivity contribution in [1.82, 2.24) is 10.2 Å². The van der Waals surface area contributed by atoms with Gasteiger partial charge in [-0.05, 0) is 46.9 Å². The number of hydrogen-bond acceptors (Lipinski definition) is 7. The molecule has 0 radical (unpaired) electrons. The number of amides is 3. The number of likely N-dealkylation sites (tertiary alicyclic amines) is 1. The minimum Gasteiger partial charge on any atom is -0.463 e. The number of hydrogen-bond donors (Lipinski definition) is 2. The van der Waals surface area contributed by atoms with E-state index in [4.69, 9.17) is 9.47 Å². The maximum Gasteiger partial charge on any atom is 0.306 e. The van der Waals surface area contributed by atoms with Crippen LogP contribution < -0.4 is 10.2 Å². The van der Waals surface area contributed by atoms with Gasteiger partial charge in [-0.25, -0.2) is 0 Å². The SMILES string of the molecule is C=CCCC(=O)OC[C@H](NC(=O)[C@H]1[C@@H]2O[C@@]3(CC2Br)[C@@H]1C(=O)N([C@H](CO)c1ccccc1)[C@@H]3C(=O)N(CC=C)c1ccc2ccccc2c1)c1ccccc1. The molecule has 3 saturated heterocycles. The summed E-state index contributed by atoms with van der Waals surface area (Å²) in [4.78, 5) is 60.3. The number of benzene rings is 4. The second kappa shape index (κ2) is 16.3. The topological polar surface area (TPSA) is 125 Å². The Morgan fingerprint density at radius 3 is 2.31 bits per heavy atom. The number of nitrogens with zero attached hydrogens (tertiary/aromatic N) is 2. The first kappa shape index (κ1) is 38.2. The lowest BCUT2D eigenvalue weighted by Crippen LogP contribution is -2.57. The molecule has 3 amide bonds. The third kappa shape index (κ3) is 7.12. The highest BCUT2D eigenvalue weighted by atomic mass is 79.9. The Morgan fingerprint density at radius 1 is 0.964 bits per heavy atom. The minimum absolute atomic E-state index is 0.123. The van der Waals surface area contributed by atoms with Crippen LogP contribution in [0.5, 0.6) is 0 Å². The van der Waals surface area contributed by atoms with Crippen molar-refractivity contribution < 1.29 is 33.8 Å². The van der Waals surface area contributed by atoms with E-state index in [1.165, 1.54) is 4.90 Å². The van der Waals surface area contributed by atoms with Crippen molar-refractivity contribution in [1.29, 1.82) is 0 Å². The van der Waals surface area contributed by atoms with E-state index < -0.39 is 72.0 Å². The molecule has 10 nitrogen and oxygen atoms in total. The lowest BCUT2D eigenvalue weighted by Gasteiger charge is -2.39. The highest BCUT2D eigenvalue weighted by Crippen LogP contribution is 2.61. The highest BCUT2D eigenvalue weighted by molar-refractivity contribution is 9.09. The number of aliphatic hydroxyl groups excluding tert-OH is 1. The lowest BCUT2D eigenvalue weighted by atomic mass is 9.70. The molecule has 2 N–H and O–H groups in total. The van der Waals surface area contributed by atoms with Gasteiger partial charge < -0.3 is 29.7 Å². The van der Waals surface area contributed by atoms with Crippen molar-refractivity contribution >= 4 is 56.1 Å². The van der Waals surface area contributed by atoms with Gasteiger partial charge in [-0.15, -0.1) is 13.2 Å². The first-order valence-corrected chi connectivity index (χ1v) is 19.5. The minimum atomic E-state index is -1.41. The maximum absolute atomic E-state index is 15.3. The third-order valence-corrected chi connectivity index (χ3v) is 11.9. The number of carbonyl (C=O) groups is 4. The van der Waals surface area contributed by atoms with Crippen molar-refractivity contribution in [3.63, 3.8) is 0 Å². The molecule has 55 heavy (non-hydrogen) atoms. The summed E-state index contributed by atoms with van der Waals surface area (Å²) in [7, 11) is 0. The molecular formula is C44H44BrN3O7. The summed E-state index contributed by atoms with van der Waals surface area (Å²) in [6.45, 7) is 7.15. The number of esters is 1. The van der Waals surface area contributed by atoms with E-state index in [1.807, 2.05) is 103 Å². The fraction of sp³-hybridized carbons (Fsp3) is 0.318. The monoisotopic (exact) mass is 805 g/mol. The molecule has 7 rings (SSSR count). The molecule has 4 aromatic carbocycles. The fourth-order valence-corrected chi connectivity index (χ4v) is 9.54. The van der Waals surface area contributed by atoms with Crippen LogP contribution in [-0.4, -0.2) is 76.0 Å². The largest absolute Gasteiger partial charge is 0.463 e. The number of allylic oxidation sites excluding steroid dienone is 1. The van der Waals surface area contributed by atoms with Crippen molar-refractivity contribution in [3.05, 3.63) is 140 Å². The molecule has 0 saturated carbocycles. The normalized spacial score (nSPS) is 24.9. The van der Waals surface area contributed by atoms with Crippen LogP contribution in [0.3, 0.4) is 0 Å². The van der Waals surface area contributed by atoms with E-state index in [1.54, 1.807) is 17.1 Å². The van der Waals surface area contributed by atoms with E-state index in [9.17, 15) is 14.7 Å². The molecular weight excluding hydrogens is 762 g/mol. The van der Waals surface area contributed by atoms with Crippen molar-refractivity contribution in [3.8, 4) is 0 Å². The Labute approximate surface area is 328 Å². The van der Waals surface area contributed by atoms with Gasteiger partial charge in [0.2, 0.25) is 11.8 Å². The van der Waals surface area contributed by atoms with Crippen molar-refractivity contribution in [2.75, 3.05) is 24.7 Å². The smallest absolute Gasteiger partial charge is 0.306 e. The average molecular weight is 807 g/mol. The summed E-state index contributed by atoms with van der Waals surface area (Å²) in [5.74, 6) is -3.80. The standard InChI is InChI=1S/C44H44BrN3O7/c1-3-5-20-36(50)54-27-34(29-15-8-6-9-16-29)46-41(51)37-38-42(52)48(35(26-49)30-17-10-7-11-18-30)40(44(38)25-33(45)39(37)55-44)43(53)47(23-4-2)32-22-21-28-14-12-13-19-31(28)24-32/h3-4,6-19,21-22,24,33-35,37-40,49H,1-2,5,20,23,25-27H2,(H,46,51)/t33?,34-,35+,37+,38-,39+,40+,44-/m0/s1. The lowest BCUT2D eigenvalue weighted by molar-refractivity contribution is -0.146. The quantitative estimate of drug-likeness (QED) is 0.0833. The molecule has 0 aliphatic carbocycles. The Morgan fingerprint density at radius 2 is 1.64 bits per heavy atom. The summed E-state index contributed by atoms with van der Waals surface area (Å²) >= 11 is 3.77. The number of rotatable bonds is 15. The van der Waals surface area contributed by atoms with Crippen LogP contribution in [0.1, 0.15) is 42.5 Å². The van der Waals surface area contributed by atoms with Crippen LogP contribution in [0.2, 0.25) is 0 Å². The predicted octanol–water partition coefficient (Wildman–Crippen LogP) is 6.21. The van der Waals surface area contributed by atoms with E-state index >= 15 is 9.59 Å². The summed E-state index contributed by atoms with van der Waals surface area (Å²) in [6.07, 6.45) is 3.42. The van der Waals surface area contributed by atoms with E-state index in [-0.39, 0.29) is 30.8 Å². The predicted molar refractivity (Wildman–Crippen MR) is 213 cm³/mol. The molecule has 11 heteroatoms. The molecule has 4 aromatic rings. The number of carbonyl (C=O) groups excluding carboxylic acids is 4. The molecule has 3 fully saturated rings. The maximum atomic E-state index is 15.3. The summed E-state index contributed by atoms with van der Waals surface area (Å²) in [5, 5.41) is 16.0. The number of ether oxygens (including phenoxy) is 2. The highest BCUT2D eigenvalue weighted by Gasteiger charge is 2.77. The second-order valence-electron chi connectivity index (χ2n) is 14.3. The van der Waals surface area contributed by atoms with Gasteiger partial charge >= 0.3 is 5.97 Å². The second-order valence-corrected chi connectivity index (χ2v) is 15.4. The Hall–Kier alpha value is -5.10. The van der Waals surface area contributed by atoms with Gasteiger partial charge in [0.05, 0.1) is 36.6 Å². The number of alkyl halides is 1. The summed E-state index contributed by atoms with van der Waals surface area (Å²) in [5.41, 5.74) is 0.560. The zero-order valence-electron chi connectivity index (χ0n) is 30.3. The molecule has 3 aliphatic rings. The van der Waals surface area contributed by atoms with Crippen LogP contribution in [-0.2, 0) is 28.7 Å². The van der Waals surface area contributed by atoms with Crippen molar-refractivity contribution in [2.24, 2.45) is 11.8 Å². The number of halogens is 1. The van der Waals surface area contributed by atoms with Gasteiger partial charge in [-0.3, -0.25) is 19.2 Å². The van der Waals surface area contributed by atoms with Gasteiger partial charge in [0.15, 0.2) is 0 Å². The van der Waals surface area contributed by atoms with E-state index in [2.05, 4.69) is 34.4 Å². The van der Waals surface area contributed by atoms with E-state index in [0.717, 1.165) is 10.8 Å². The Bertz CT molecular complexity index is 2080. The summed E-state index contributed by atoms with van der Waals surface area (Å²) < 4.78 is 12.4. The van der Waals surface area contributed by atoms with Gasteiger partial charge in [0.1, 0.15) is 18.2 Å². The third-order valence-electron chi connectivity index (χ3n) is 11.1. The number of aliphatic hydroxyl groups is 1. The van der Waals surface area contributed by atoms with Gasteiger partial charge in [0, 0.05) is 23.5 Å². The van der Waals surface area contributed by atoms with Crippen LogP contribution in [0.4, 0.5) is 5.69 Å². The van der Waals surface area contributed by atoms with Crippen LogP contribution in [0, 0.1) is 11.8 Å². The zero-order valence-corrected chi connectivity index (χ0v) is 31.9. The van der Waals surface area contributed by atoms with Gasteiger partial charge in [-0.2, -0.15) is 0 Å². The zero-order chi connectivity index (χ0) is 38.7. The molecule has 2 bridgehead atoms. The molecule has 8 atom stereocenters. The molecule has 1 unspecified atom stereocenters. The number of anilines is 1. The van der Waals surface area contributed by atoms with E-state index in [0.29, 0.717) is 23.2 Å². The average Bonchev–Trinajstić information content (AvgIpc) is 3.81. The summed E-state index contributed by atoms with van der Waals surface area (Å²) in [6, 6.07) is 29.0. The Balaban J connectivity index is 1.28. The van der Waals surface area contributed by atoms with Gasteiger partial charge in [-0.1, -0.05) is 119 Å².